The van der Waals surface area contributed by atoms with Crippen LogP contribution in [0.5, 0.6) is 0 Å². The van der Waals surface area contributed by atoms with Gasteiger partial charge in [0.1, 0.15) is 11.0 Å². The Hall–Kier alpha value is -1.93. The number of piperidine rings is 1. The number of rotatable bonds is 4. The number of halogens is 2. The van der Waals surface area contributed by atoms with Crippen molar-refractivity contribution in [3.05, 3.63) is 0 Å². The Kier molecular flexibility index (Phi) is 5.78. The van der Waals surface area contributed by atoms with Gasteiger partial charge in [-0.15, -0.1) is 0 Å². The molecule has 0 aliphatic carbocycles. The van der Waals surface area contributed by atoms with Gasteiger partial charge >= 0.3 is 12.1 Å². The van der Waals surface area contributed by atoms with Crippen LogP contribution in [0.2, 0.25) is 0 Å². The van der Waals surface area contributed by atoms with E-state index in [0.29, 0.717) is 6.92 Å². The molecule has 7 nitrogen and oxygen atoms in total. The molecule has 0 atom stereocenters. The molecule has 0 aromatic rings. The predicted molar refractivity (Wildman–Crippen MR) is 80.7 cm³/mol. The van der Waals surface area contributed by atoms with Crippen molar-refractivity contribution >= 4 is 18.0 Å². The van der Waals surface area contributed by atoms with Gasteiger partial charge in [0.05, 0.1) is 6.54 Å². The van der Waals surface area contributed by atoms with Crippen LogP contribution in [0, 0.1) is 5.41 Å². The molecule has 1 aliphatic heterocycles. The van der Waals surface area contributed by atoms with Crippen molar-refractivity contribution in [2.75, 3.05) is 19.6 Å². The Morgan fingerprint density at radius 3 is 2.04 bits per heavy atom. The maximum atomic E-state index is 12.9. The molecular weight excluding hydrogens is 326 g/mol. The Labute approximate surface area is 139 Å². The van der Waals surface area contributed by atoms with Crippen LogP contribution in [-0.2, 0) is 14.3 Å². The number of nitrogens with one attached hydrogen (secondary N) is 1. The average molecular weight is 350 g/mol. The number of amides is 2. The summed E-state index contributed by atoms with van der Waals surface area (Å²) in [6.45, 7) is 4.80. The number of aliphatic carboxylic acids is 1. The lowest BCUT2D eigenvalue weighted by Crippen LogP contribution is -2.55. The van der Waals surface area contributed by atoms with Crippen molar-refractivity contribution in [2.24, 2.45) is 5.41 Å². The van der Waals surface area contributed by atoms with E-state index in [1.54, 1.807) is 20.8 Å². The summed E-state index contributed by atoms with van der Waals surface area (Å²) in [6.07, 6.45) is -0.923. The van der Waals surface area contributed by atoms with Gasteiger partial charge in [-0.2, -0.15) is 0 Å². The minimum Gasteiger partial charge on any atom is -0.480 e. The summed E-state index contributed by atoms with van der Waals surface area (Å²) in [5.74, 6) is -5.48. The lowest BCUT2D eigenvalue weighted by molar-refractivity contribution is -0.160. The third kappa shape index (κ3) is 5.31. The minimum atomic E-state index is -3.13. The molecule has 1 aliphatic rings. The molecule has 0 aromatic carbocycles. The van der Waals surface area contributed by atoms with E-state index < -0.39 is 41.5 Å². The van der Waals surface area contributed by atoms with Gasteiger partial charge in [0.2, 0.25) is 5.91 Å². The first kappa shape index (κ1) is 20.1. The van der Waals surface area contributed by atoms with Gasteiger partial charge in [-0.25, -0.2) is 13.6 Å². The van der Waals surface area contributed by atoms with Gasteiger partial charge in [0.15, 0.2) is 0 Å². The number of carboxylic acids is 1. The third-order valence-electron chi connectivity index (χ3n) is 3.67. The molecule has 0 unspecified atom stereocenters. The molecule has 0 radical (unpaired) electrons. The van der Waals surface area contributed by atoms with E-state index in [1.807, 2.05) is 5.32 Å². The van der Waals surface area contributed by atoms with Gasteiger partial charge in [0.25, 0.3) is 5.92 Å². The average Bonchev–Trinajstić information content (AvgIpc) is 2.41. The molecule has 1 saturated heterocycles. The topological polar surface area (TPSA) is 95.9 Å². The normalized spacial score (nSPS) is 18.0. The van der Waals surface area contributed by atoms with Crippen molar-refractivity contribution in [2.45, 2.75) is 52.1 Å². The Bertz CT molecular complexity index is 503. The van der Waals surface area contributed by atoms with Gasteiger partial charge < -0.3 is 20.1 Å². The fourth-order valence-corrected chi connectivity index (χ4v) is 2.34. The summed E-state index contributed by atoms with van der Waals surface area (Å²) in [4.78, 5) is 37.0. The van der Waals surface area contributed by atoms with Crippen LogP contribution in [0.4, 0.5) is 13.6 Å². The Balaban J connectivity index is 2.75. The number of carbonyl (C=O) groups is 3. The Morgan fingerprint density at radius 2 is 1.67 bits per heavy atom. The van der Waals surface area contributed by atoms with Crippen LogP contribution < -0.4 is 5.32 Å². The lowest BCUT2D eigenvalue weighted by Gasteiger charge is -2.38. The zero-order valence-electron chi connectivity index (χ0n) is 14.3. The summed E-state index contributed by atoms with van der Waals surface area (Å²) >= 11 is 0. The maximum absolute atomic E-state index is 12.9. The molecule has 0 bridgehead atoms. The van der Waals surface area contributed by atoms with Crippen molar-refractivity contribution < 1.29 is 33.0 Å². The second-order valence-electron chi connectivity index (χ2n) is 7.11. The number of likely N-dealkylation sites (tertiary alicyclic amines) is 1. The molecular formula is C15H24F2N2O5. The van der Waals surface area contributed by atoms with Crippen molar-refractivity contribution in [3.63, 3.8) is 0 Å². The lowest BCUT2D eigenvalue weighted by atomic mass is 9.77. The fourth-order valence-electron chi connectivity index (χ4n) is 2.34. The van der Waals surface area contributed by atoms with Crippen molar-refractivity contribution in [1.29, 1.82) is 0 Å². The second-order valence-corrected chi connectivity index (χ2v) is 7.11. The molecule has 0 aromatic heterocycles. The molecule has 1 rings (SSSR count). The standard InChI is InChI=1S/C15H24F2N2O5/c1-13(2,3)24-12(23)19-7-5-15(6-8-19,11(21)22)10(20)18-9-14(4,16)17/h5-9H2,1-4H3,(H,18,20)(H,21,22). The highest BCUT2D eigenvalue weighted by Crippen LogP contribution is 2.33. The second kappa shape index (κ2) is 6.90. The van der Waals surface area contributed by atoms with E-state index in [0.717, 1.165) is 0 Å². The molecule has 2 amide bonds. The Morgan fingerprint density at radius 1 is 1.17 bits per heavy atom. The van der Waals surface area contributed by atoms with E-state index in [2.05, 4.69) is 0 Å². The smallest absolute Gasteiger partial charge is 0.410 e. The summed E-state index contributed by atoms with van der Waals surface area (Å²) < 4.78 is 30.9. The van der Waals surface area contributed by atoms with E-state index in [-0.39, 0.29) is 25.9 Å². The fraction of sp³-hybridized carbons (Fsp3) is 0.800. The van der Waals surface area contributed by atoms with Crippen LogP contribution in [-0.4, -0.2) is 59.1 Å². The zero-order valence-corrected chi connectivity index (χ0v) is 14.3. The molecule has 9 heteroatoms. The van der Waals surface area contributed by atoms with Crippen LogP contribution >= 0.6 is 0 Å². The number of hydrogen-bond donors (Lipinski definition) is 2. The molecule has 1 heterocycles. The maximum Gasteiger partial charge on any atom is 0.410 e. The van der Waals surface area contributed by atoms with Crippen LogP contribution in [0.15, 0.2) is 0 Å². The molecule has 1 fully saturated rings. The first-order valence-electron chi connectivity index (χ1n) is 7.64. The number of hydrogen-bond acceptors (Lipinski definition) is 4. The zero-order chi connectivity index (χ0) is 18.8. The van der Waals surface area contributed by atoms with Gasteiger partial charge in [-0.1, -0.05) is 0 Å². The number of alkyl halides is 2. The number of carbonyl (C=O) groups excluding carboxylic acids is 2. The molecule has 138 valence electrons. The van der Waals surface area contributed by atoms with E-state index in [4.69, 9.17) is 4.74 Å². The highest BCUT2D eigenvalue weighted by Gasteiger charge is 2.49. The highest BCUT2D eigenvalue weighted by molar-refractivity contribution is 6.02. The summed E-state index contributed by atoms with van der Waals surface area (Å²) in [6, 6.07) is 0. The van der Waals surface area contributed by atoms with Gasteiger partial charge in [-0.3, -0.25) is 9.59 Å². The third-order valence-corrected chi connectivity index (χ3v) is 3.67. The summed E-state index contributed by atoms with van der Waals surface area (Å²) in [5, 5.41) is 11.4. The minimum absolute atomic E-state index is 0.00283. The predicted octanol–water partition coefficient (Wildman–Crippen LogP) is 1.86. The van der Waals surface area contributed by atoms with Crippen LogP contribution in [0.1, 0.15) is 40.5 Å². The number of nitrogens with zero attached hydrogens (tertiary/aromatic N) is 1. The van der Waals surface area contributed by atoms with Crippen LogP contribution in [0.3, 0.4) is 0 Å². The quantitative estimate of drug-likeness (QED) is 0.755. The van der Waals surface area contributed by atoms with E-state index in [9.17, 15) is 28.3 Å². The molecule has 2 N–H and O–H groups in total. The number of carboxylic acid groups (broad SMARTS) is 1. The first-order chi connectivity index (χ1) is 10.8. The molecule has 0 saturated carbocycles. The molecule has 24 heavy (non-hydrogen) atoms. The highest BCUT2D eigenvalue weighted by atomic mass is 19.3. The van der Waals surface area contributed by atoms with Gasteiger partial charge in [0, 0.05) is 20.0 Å². The SMILES string of the molecule is CC(F)(F)CNC(=O)C1(C(=O)O)CCN(C(=O)OC(C)(C)C)CC1. The van der Waals surface area contributed by atoms with Crippen LogP contribution in [0.25, 0.3) is 0 Å². The van der Waals surface area contributed by atoms with Crippen molar-refractivity contribution in [1.82, 2.24) is 10.2 Å². The largest absolute Gasteiger partial charge is 0.480 e. The first-order valence-corrected chi connectivity index (χ1v) is 7.64. The van der Waals surface area contributed by atoms with Crippen molar-refractivity contribution in [3.8, 4) is 0 Å². The summed E-state index contributed by atoms with van der Waals surface area (Å²) in [5.41, 5.74) is -2.51. The van der Waals surface area contributed by atoms with E-state index in [1.165, 1.54) is 4.90 Å². The monoisotopic (exact) mass is 350 g/mol. The van der Waals surface area contributed by atoms with Gasteiger partial charge in [-0.05, 0) is 33.6 Å². The summed E-state index contributed by atoms with van der Waals surface area (Å²) in [7, 11) is 0. The van der Waals surface area contributed by atoms with E-state index >= 15 is 0 Å². The number of ether oxygens (including phenoxy) is 1. The molecule has 0 spiro atoms.